The summed E-state index contributed by atoms with van der Waals surface area (Å²) in [7, 11) is 0. The summed E-state index contributed by atoms with van der Waals surface area (Å²) in [6.07, 6.45) is 0.443. The van der Waals surface area contributed by atoms with Crippen molar-refractivity contribution < 1.29 is 9.59 Å². The van der Waals surface area contributed by atoms with Gasteiger partial charge < -0.3 is 10.2 Å². The van der Waals surface area contributed by atoms with Crippen LogP contribution in [0.1, 0.15) is 23.7 Å². The predicted octanol–water partition coefficient (Wildman–Crippen LogP) is 3.37. The standard InChI is InChI=1S/C17H16N2O2/c1-2-16(20)12-7-3-5-9-14(12)19-11-17(21)18-13-8-4-6-10-15(13)19/h3-10H,2,11H2,1H3,(H,18,21). The first-order valence-electron chi connectivity index (χ1n) is 6.99. The van der Waals surface area contributed by atoms with E-state index in [9.17, 15) is 9.59 Å². The lowest BCUT2D eigenvalue weighted by Gasteiger charge is -2.32. The molecule has 0 radical (unpaired) electrons. The van der Waals surface area contributed by atoms with Crippen LogP contribution in [0.15, 0.2) is 48.5 Å². The fourth-order valence-corrected chi connectivity index (χ4v) is 2.58. The Kier molecular flexibility index (Phi) is 3.44. The number of benzene rings is 2. The zero-order chi connectivity index (χ0) is 14.8. The predicted molar refractivity (Wildman–Crippen MR) is 83.1 cm³/mol. The van der Waals surface area contributed by atoms with Crippen molar-refractivity contribution >= 4 is 28.8 Å². The SMILES string of the molecule is CCC(=O)c1ccccc1N1CC(=O)Nc2ccccc21. The Labute approximate surface area is 123 Å². The van der Waals surface area contributed by atoms with Crippen LogP contribution >= 0.6 is 0 Å². The minimum absolute atomic E-state index is 0.0764. The molecule has 2 aromatic carbocycles. The van der Waals surface area contributed by atoms with Crippen LogP contribution in [0.3, 0.4) is 0 Å². The van der Waals surface area contributed by atoms with Crippen molar-refractivity contribution in [2.24, 2.45) is 0 Å². The van der Waals surface area contributed by atoms with E-state index in [4.69, 9.17) is 0 Å². The van der Waals surface area contributed by atoms with Gasteiger partial charge in [0, 0.05) is 12.0 Å². The first kappa shape index (κ1) is 13.4. The second-order valence-electron chi connectivity index (χ2n) is 4.95. The van der Waals surface area contributed by atoms with Crippen molar-refractivity contribution in [3.63, 3.8) is 0 Å². The van der Waals surface area contributed by atoms with Gasteiger partial charge in [-0.3, -0.25) is 9.59 Å². The number of para-hydroxylation sites is 3. The minimum atomic E-state index is -0.0764. The number of carbonyl (C=O) groups is 2. The molecule has 0 spiro atoms. The first-order valence-corrected chi connectivity index (χ1v) is 6.99. The Hall–Kier alpha value is -2.62. The van der Waals surface area contributed by atoms with E-state index in [-0.39, 0.29) is 18.2 Å². The van der Waals surface area contributed by atoms with E-state index in [0.717, 1.165) is 17.1 Å². The van der Waals surface area contributed by atoms with Gasteiger partial charge in [0.25, 0.3) is 0 Å². The maximum atomic E-state index is 12.1. The number of carbonyl (C=O) groups excluding carboxylic acids is 2. The molecular weight excluding hydrogens is 264 g/mol. The maximum absolute atomic E-state index is 12.1. The van der Waals surface area contributed by atoms with Gasteiger partial charge in [-0.2, -0.15) is 0 Å². The number of nitrogens with zero attached hydrogens (tertiary/aromatic N) is 1. The van der Waals surface area contributed by atoms with Crippen LogP contribution < -0.4 is 10.2 Å². The van der Waals surface area contributed by atoms with Gasteiger partial charge in [0.05, 0.1) is 17.1 Å². The molecule has 0 aromatic heterocycles. The molecule has 0 bridgehead atoms. The Morgan fingerprint density at radius 2 is 1.76 bits per heavy atom. The third-order valence-corrected chi connectivity index (χ3v) is 3.59. The second kappa shape index (κ2) is 5.40. The number of ketones is 1. The van der Waals surface area contributed by atoms with Gasteiger partial charge in [0.15, 0.2) is 5.78 Å². The topological polar surface area (TPSA) is 49.4 Å². The van der Waals surface area contributed by atoms with E-state index in [1.54, 1.807) is 0 Å². The van der Waals surface area contributed by atoms with Crippen molar-refractivity contribution in [1.82, 2.24) is 0 Å². The van der Waals surface area contributed by atoms with E-state index in [1.165, 1.54) is 0 Å². The van der Waals surface area contributed by atoms with E-state index in [2.05, 4.69) is 5.32 Å². The van der Waals surface area contributed by atoms with Gasteiger partial charge in [-0.1, -0.05) is 31.2 Å². The average Bonchev–Trinajstić information content (AvgIpc) is 2.53. The highest BCUT2D eigenvalue weighted by Gasteiger charge is 2.25. The molecular formula is C17H16N2O2. The van der Waals surface area contributed by atoms with Crippen molar-refractivity contribution in [3.05, 3.63) is 54.1 Å². The van der Waals surface area contributed by atoms with Crippen molar-refractivity contribution in [1.29, 1.82) is 0 Å². The molecule has 3 rings (SSSR count). The largest absolute Gasteiger partial charge is 0.330 e. The van der Waals surface area contributed by atoms with Gasteiger partial charge in [0.2, 0.25) is 5.91 Å². The molecule has 1 amide bonds. The smallest absolute Gasteiger partial charge is 0.244 e. The molecule has 1 N–H and O–H groups in total. The summed E-state index contributed by atoms with van der Waals surface area (Å²) in [5.41, 5.74) is 3.12. The van der Waals surface area contributed by atoms with Crippen molar-refractivity contribution in [3.8, 4) is 0 Å². The molecule has 0 atom stereocenters. The highest BCUT2D eigenvalue weighted by atomic mass is 16.2. The summed E-state index contributed by atoms with van der Waals surface area (Å²) < 4.78 is 0. The van der Waals surface area contributed by atoms with Crippen LogP contribution in [0.25, 0.3) is 0 Å². The van der Waals surface area contributed by atoms with Crippen LogP contribution in [-0.4, -0.2) is 18.2 Å². The van der Waals surface area contributed by atoms with Gasteiger partial charge >= 0.3 is 0 Å². The molecule has 0 fully saturated rings. The number of fused-ring (bicyclic) bond motifs is 1. The summed E-state index contributed by atoms with van der Waals surface area (Å²) in [5, 5.41) is 2.86. The third kappa shape index (κ3) is 2.40. The number of hydrogen-bond donors (Lipinski definition) is 1. The third-order valence-electron chi connectivity index (χ3n) is 3.59. The summed E-state index contributed by atoms with van der Waals surface area (Å²) >= 11 is 0. The summed E-state index contributed by atoms with van der Waals surface area (Å²) in [5.74, 6) is 0.00140. The number of hydrogen-bond acceptors (Lipinski definition) is 3. The molecule has 0 unspecified atom stereocenters. The fraction of sp³-hybridized carbons (Fsp3) is 0.176. The molecule has 0 saturated heterocycles. The number of rotatable bonds is 3. The number of Topliss-reactive ketones (excluding diaryl/α,β-unsaturated/α-hetero) is 1. The monoisotopic (exact) mass is 280 g/mol. The van der Waals surface area contributed by atoms with E-state index in [1.807, 2.05) is 60.4 Å². The lowest BCUT2D eigenvalue weighted by atomic mass is 10.0. The van der Waals surface area contributed by atoms with E-state index < -0.39 is 0 Å². The van der Waals surface area contributed by atoms with Crippen LogP contribution in [0.2, 0.25) is 0 Å². The Morgan fingerprint density at radius 1 is 1.10 bits per heavy atom. The minimum Gasteiger partial charge on any atom is -0.330 e. The Balaban J connectivity index is 2.13. The van der Waals surface area contributed by atoms with Crippen molar-refractivity contribution in [2.45, 2.75) is 13.3 Å². The highest BCUT2D eigenvalue weighted by molar-refractivity contribution is 6.07. The van der Waals surface area contributed by atoms with E-state index in [0.29, 0.717) is 12.0 Å². The lowest BCUT2D eigenvalue weighted by Crippen LogP contribution is -2.35. The van der Waals surface area contributed by atoms with Crippen LogP contribution in [-0.2, 0) is 4.79 Å². The van der Waals surface area contributed by atoms with Gasteiger partial charge in [0.1, 0.15) is 6.54 Å². The van der Waals surface area contributed by atoms with Crippen LogP contribution in [0.5, 0.6) is 0 Å². The molecule has 1 heterocycles. The Bertz CT molecular complexity index is 709. The highest BCUT2D eigenvalue weighted by Crippen LogP contribution is 2.36. The summed E-state index contributed by atoms with van der Waals surface area (Å²) in [4.78, 5) is 26.0. The van der Waals surface area contributed by atoms with Crippen molar-refractivity contribution in [2.75, 3.05) is 16.8 Å². The zero-order valence-electron chi connectivity index (χ0n) is 11.8. The first-order chi connectivity index (χ1) is 10.2. The van der Waals surface area contributed by atoms with E-state index >= 15 is 0 Å². The van der Waals surface area contributed by atoms with Crippen LogP contribution in [0, 0.1) is 0 Å². The van der Waals surface area contributed by atoms with Gasteiger partial charge in [-0.25, -0.2) is 0 Å². The average molecular weight is 280 g/mol. The molecule has 0 saturated carbocycles. The molecule has 4 nitrogen and oxygen atoms in total. The normalized spacial score (nSPS) is 13.6. The number of anilines is 3. The van der Waals surface area contributed by atoms with Gasteiger partial charge in [-0.05, 0) is 24.3 Å². The lowest BCUT2D eigenvalue weighted by molar-refractivity contribution is -0.115. The number of amides is 1. The summed E-state index contributed by atoms with van der Waals surface area (Å²) in [6, 6.07) is 15.1. The fourth-order valence-electron chi connectivity index (χ4n) is 2.58. The molecule has 1 aliphatic rings. The maximum Gasteiger partial charge on any atom is 0.244 e. The molecule has 0 aliphatic carbocycles. The summed E-state index contributed by atoms with van der Waals surface area (Å²) in [6.45, 7) is 2.06. The quantitative estimate of drug-likeness (QED) is 0.877. The second-order valence-corrected chi connectivity index (χ2v) is 4.95. The Morgan fingerprint density at radius 3 is 2.52 bits per heavy atom. The molecule has 4 heteroatoms. The zero-order valence-corrected chi connectivity index (χ0v) is 11.8. The van der Waals surface area contributed by atoms with Crippen LogP contribution in [0.4, 0.5) is 17.1 Å². The molecule has 106 valence electrons. The molecule has 2 aromatic rings. The molecule has 1 aliphatic heterocycles. The van der Waals surface area contributed by atoms with Gasteiger partial charge in [-0.15, -0.1) is 0 Å². The number of nitrogens with one attached hydrogen (secondary N) is 1. The molecule has 21 heavy (non-hydrogen) atoms.